The second kappa shape index (κ2) is 11.4. The van der Waals surface area contributed by atoms with Gasteiger partial charge in [0.25, 0.3) is 11.8 Å². The molecule has 40 heavy (non-hydrogen) atoms. The number of piperazine rings is 1. The molecule has 4 aromatic rings. The number of hydrogen-bond acceptors (Lipinski definition) is 6. The maximum absolute atomic E-state index is 13.6. The van der Waals surface area contributed by atoms with Gasteiger partial charge in [0.05, 0.1) is 24.6 Å². The molecule has 9 nitrogen and oxygen atoms in total. The third-order valence-electron chi connectivity index (χ3n) is 6.98. The van der Waals surface area contributed by atoms with Crippen LogP contribution in [0.15, 0.2) is 71.3 Å². The van der Waals surface area contributed by atoms with Crippen LogP contribution in [0.2, 0.25) is 0 Å². The minimum atomic E-state index is -0.281. The zero-order valence-electron chi connectivity index (χ0n) is 22.4. The van der Waals surface area contributed by atoms with Crippen molar-refractivity contribution in [3.63, 3.8) is 0 Å². The normalized spacial score (nSPS) is 13.3. The Morgan fingerprint density at radius 2 is 1.45 bits per heavy atom. The summed E-state index contributed by atoms with van der Waals surface area (Å²) in [5.74, 6) is 0.165. The summed E-state index contributed by atoms with van der Waals surface area (Å²) in [5, 5.41) is 8.26. The second-order valence-corrected chi connectivity index (χ2v) is 10.6. The molecule has 2 heterocycles. The molecule has 0 atom stereocenters. The molecule has 1 aliphatic heterocycles. The van der Waals surface area contributed by atoms with Gasteiger partial charge in [-0.2, -0.15) is 0 Å². The van der Waals surface area contributed by atoms with Crippen LogP contribution in [-0.4, -0.2) is 75.7 Å². The highest BCUT2D eigenvalue weighted by Gasteiger charge is 2.28. The highest BCUT2D eigenvalue weighted by molar-refractivity contribution is 9.10. The number of benzene rings is 3. The van der Waals surface area contributed by atoms with E-state index in [0.717, 1.165) is 15.6 Å². The van der Waals surface area contributed by atoms with Crippen molar-refractivity contribution in [2.75, 3.05) is 33.3 Å². The van der Waals surface area contributed by atoms with Gasteiger partial charge in [-0.3, -0.25) is 14.4 Å². The summed E-state index contributed by atoms with van der Waals surface area (Å²) in [6, 6.07) is 17.9. The fourth-order valence-electron chi connectivity index (χ4n) is 4.71. The maximum atomic E-state index is 13.6. The highest BCUT2D eigenvalue weighted by atomic mass is 79.9. The Morgan fingerprint density at radius 1 is 0.825 bits per heavy atom. The molecule has 0 spiro atoms. The number of hydrogen-bond donors (Lipinski definition) is 0. The molecule has 0 saturated carbocycles. The van der Waals surface area contributed by atoms with E-state index in [1.54, 1.807) is 47.2 Å². The number of ether oxygens (including phenoxy) is 1. The van der Waals surface area contributed by atoms with Crippen molar-refractivity contribution < 1.29 is 19.1 Å². The van der Waals surface area contributed by atoms with E-state index >= 15 is 0 Å². The molecular formula is C30H28BrN5O4. The van der Waals surface area contributed by atoms with Crippen LogP contribution in [0.25, 0.3) is 5.69 Å². The lowest BCUT2D eigenvalue weighted by Crippen LogP contribution is -2.50. The van der Waals surface area contributed by atoms with Gasteiger partial charge in [0.2, 0.25) is 5.78 Å². The first kappa shape index (κ1) is 27.3. The second-order valence-electron chi connectivity index (χ2n) is 9.67. The van der Waals surface area contributed by atoms with E-state index in [-0.39, 0.29) is 23.3 Å². The first-order valence-electron chi connectivity index (χ1n) is 12.8. The van der Waals surface area contributed by atoms with Gasteiger partial charge < -0.3 is 14.5 Å². The minimum Gasteiger partial charge on any atom is -0.497 e. The zero-order valence-corrected chi connectivity index (χ0v) is 24.0. The van der Waals surface area contributed by atoms with Crippen molar-refractivity contribution in [3.8, 4) is 11.4 Å². The predicted octanol–water partition coefficient (Wildman–Crippen LogP) is 4.48. The molecule has 2 amide bonds. The van der Waals surface area contributed by atoms with E-state index in [1.165, 1.54) is 10.9 Å². The Bertz CT molecular complexity index is 1590. The van der Waals surface area contributed by atoms with Gasteiger partial charge in [-0.15, -0.1) is 5.10 Å². The number of ketones is 1. The van der Waals surface area contributed by atoms with Crippen LogP contribution in [0.1, 0.15) is 47.9 Å². The lowest BCUT2D eigenvalue weighted by atomic mass is 10.1. The van der Waals surface area contributed by atoms with Crippen molar-refractivity contribution in [2.45, 2.75) is 13.8 Å². The van der Waals surface area contributed by atoms with Crippen LogP contribution in [0.5, 0.6) is 5.75 Å². The number of aromatic nitrogens is 3. The largest absolute Gasteiger partial charge is 0.497 e. The summed E-state index contributed by atoms with van der Waals surface area (Å²) >= 11 is 3.44. The number of rotatable bonds is 6. The van der Waals surface area contributed by atoms with Gasteiger partial charge in [0.1, 0.15) is 5.75 Å². The molecule has 5 rings (SSSR count). The fourth-order valence-corrected chi connectivity index (χ4v) is 5.18. The van der Waals surface area contributed by atoms with Gasteiger partial charge in [-0.1, -0.05) is 27.2 Å². The Kier molecular flexibility index (Phi) is 7.79. The predicted molar refractivity (Wildman–Crippen MR) is 153 cm³/mol. The number of amides is 2. The Morgan fingerprint density at radius 3 is 2.08 bits per heavy atom. The molecule has 10 heteroatoms. The Labute approximate surface area is 240 Å². The van der Waals surface area contributed by atoms with Gasteiger partial charge in [0, 0.05) is 41.8 Å². The number of nitrogens with zero attached hydrogens (tertiary/aromatic N) is 5. The molecule has 3 aromatic carbocycles. The molecule has 1 aromatic heterocycles. The third-order valence-corrected chi connectivity index (χ3v) is 7.47. The van der Waals surface area contributed by atoms with E-state index in [1.807, 2.05) is 44.2 Å². The SMILES string of the molecule is COc1ccc(C(=O)c2cn(-c3cc(C)ccc3C(=O)N3CCN(C(=O)c4ccc(Br)cc4C)CC3)nn2)cc1. The van der Waals surface area contributed by atoms with E-state index in [9.17, 15) is 14.4 Å². The minimum absolute atomic E-state index is 0.0372. The molecule has 1 saturated heterocycles. The van der Waals surface area contributed by atoms with Gasteiger partial charge in [-0.25, -0.2) is 4.68 Å². The molecule has 1 fully saturated rings. The monoisotopic (exact) mass is 601 g/mol. The topological polar surface area (TPSA) is 97.6 Å². The first-order chi connectivity index (χ1) is 19.2. The molecule has 0 bridgehead atoms. The molecule has 0 radical (unpaired) electrons. The van der Waals surface area contributed by atoms with Crippen LogP contribution in [0, 0.1) is 13.8 Å². The molecule has 204 valence electrons. The van der Waals surface area contributed by atoms with Crippen LogP contribution < -0.4 is 4.74 Å². The summed E-state index contributed by atoms with van der Waals surface area (Å²) in [7, 11) is 1.56. The molecule has 0 unspecified atom stereocenters. The van der Waals surface area contributed by atoms with E-state index in [2.05, 4.69) is 26.2 Å². The van der Waals surface area contributed by atoms with Crippen molar-refractivity contribution >= 4 is 33.5 Å². The van der Waals surface area contributed by atoms with Crippen molar-refractivity contribution in [3.05, 3.63) is 105 Å². The summed E-state index contributed by atoms with van der Waals surface area (Å²) in [6.45, 7) is 5.53. The lowest BCUT2D eigenvalue weighted by molar-refractivity contribution is 0.0535. The number of methoxy groups -OCH3 is 1. The molecule has 0 aliphatic carbocycles. The maximum Gasteiger partial charge on any atom is 0.256 e. The zero-order chi connectivity index (χ0) is 28.4. The number of carbonyl (C=O) groups excluding carboxylic acids is 3. The number of carbonyl (C=O) groups is 3. The number of halogens is 1. The third kappa shape index (κ3) is 5.53. The Hall–Kier alpha value is -4.31. The van der Waals surface area contributed by atoms with Crippen LogP contribution >= 0.6 is 15.9 Å². The van der Waals surface area contributed by atoms with Crippen LogP contribution in [0.4, 0.5) is 0 Å². The quantitative estimate of drug-likeness (QED) is 0.302. The summed E-state index contributed by atoms with van der Waals surface area (Å²) in [6.07, 6.45) is 1.54. The smallest absolute Gasteiger partial charge is 0.256 e. The average Bonchev–Trinajstić information content (AvgIpc) is 3.46. The fraction of sp³-hybridized carbons (Fsp3) is 0.233. The standard InChI is InChI=1S/C30H28BrN5O4/c1-19-4-10-25(27(16-19)36-18-26(32-33-36)28(37)21-5-8-23(40-3)9-6-21)30(39)35-14-12-34(13-15-35)29(38)24-11-7-22(31)17-20(24)2/h4-11,16-18H,12-15H2,1-3H3. The van der Waals surface area contributed by atoms with E-state index in [0.29, 0.717) is 54.3 Å². The van der Waals surface area contributed by atoms with Crippen molar-refractivity contribution in [2.24, 2.45) is 0 Å². The Balaban J connectivity index is 1.32. The number of aryl methyl sites for hydroxylation is 2. The molecule has 1 aliphatic rings. The van der Waals surface area contributed by atoms with Gasteiger partial charge in [0.15, 0.2) is 5.69 Å². The van der Waals surface area contributed by atoms with Gasteiger partial charge >= 0.3 is 0 Å². The first-order valence-corrected chi connectivity index (χ1v) is 13.6. The molecular weight excluding hydrogens is 574 g/mol. The summed E-state index contributed by atoms with van der Waals surface area (Å²) in [5.41, 5.74) is 4.11. The van der Waals surface area contributed by atoms with Crippen molar-refractivity contribution in [1.82, 2.24) is 24.8 Å². The van der Waals surface area contributed by atoms with Gasteiger partial charge in [-0.05, 0) is 79.6 Å². The van der Waals surface area contributed by atoms with Crippen LogP contribution in [-0.2, 0) is 0 Å². The lowest BCUT2D eigenvalue weighted by Gasteiger charge is -2.35. The van der Waals surface area contributed by atoms with E-state index < -0.39 is 0 Å². The highest BCUT2D eigenvalue weighted by Crippen LogP contribution is 2.22. The molecule has 0 N–H and O–H groups in total. The van der Waals surface area contributed by atoms with Crippen LogP contribution in [0.3, 0.4) is 0 Å². The summed E-state index contributed by atoms with van der Waals surface area (Å²) < 4.78 is 7.55. The van der Waals surface area contributed by atoms with Crippen molar-refractivity contribution in [1.29, 1.82) is 0 Å². The summed E-state index contributed by atoms with van der Waals surface area (Å²) in [4.78, 5) is 43.3. The average molecular weight is 602 g/mol. The van der Waals surface area contributed by atoms with E-state index in [4.69, 9.17) is 4.74 Å².